The van der Waals surface area contributed by atoms with Crippen molar-refractivity contribution in [2.45, 2.75) is 13.1 Å². The monoisotopic (exact) mass is 409 g/mol. The van der Waals surface area contributed by atoms with Crippen molar-refractivity contribution < 1.29 is 27.5 Å². The van der Waals surface area contributed by atoms with Gasteiger partial charge in [0, 0.05) is 11.4 Å². The van der Waals surface area contributed by atoms with E-state index in [4.69, 9.17) is 4.74 Å². The van der Waals surface area contributed by atoms with E-state index in [2.05, 4.69) is 10.6 Å². The van der Waals surface area contributed by atoms with Crippen molar-refractivity contribution in [1.82, 2.24) is 4.90 Å². The van der Waals surface area contributed by atoms with Crippen LogP contribution >= 0.6 is 0 Å². The first-order valence-electron chi connectivity index (χ1n) is 8.84. The smallest absolute Gasteiger partial charge is 0.416 e. The molecule has 0 aliphatic carbocycles. The highest BCUT2D eigenvalue weighted by Crippen LogP contribution is 2.30. The molecule has 0 aliphatic heterocycles. The standard InChI is InChI=1S/C20H22F3N3O3/c1-3-26(12-18(27)24-15-7-9-17(29-2)10-8-15)13-19(28)25-16-6-4-5-14(11-16)20(21,22)23/h4-11H,3,12-13H2,1-2H3,(H,24,27)(H,25,28). The SMILES string of the molecule is CCN(CC(=O)Nc1ccc(OC)cc1)CC(=O)Nc1cccc(C(F)(F)F)c1. The summed E-state index contributed by atoms with van der Waals surface area (Å²) >= 11 is 0. The number of alkyl halides is 3. The molecular weight excluding hydrogens is 387 g/mol. The zero-order valence-corrected chi connectivity index (χ0v) is 16.0. The Morgan fingerprint density at radius 3 is 2.07 bits per heavy atom. The van der Waals surface area contributed by atoms with Gasteiger partial charge in [0.1, 0.15) is 5.75 Å². The first kappa shape index (κ1) is 22.2. The summed E-state index contributed by atoms with van der Waals surface area (Å²) in [6.07, 6.45) is -4.49. The van der Waals surface area contributed by atoms with Gasteiger partial charge in [0.05, 0.1) is 25.8 Å². The van der Waals surface area contributed by atoms with Crippen LogP contribution in [0.2, 0.25) is 0 Å². The van der Waals surface area contributed by atoms with Gasteiger partial charge in [-0.1, -0.05) is 13.0 Å². The minimum Gasteiger partial charge on any atom is -0.497 e. The largest absolute Gasteiger partial charge is 0.497 e. The number of ether oxygens (including phenoxy) is 1. The number of methoxy groups -OCH3 is 1. The van der Waals surface area contributed by atoms with Gasteiger partial charge in [-0.25, -0.2) is 0 Å². The molecule has 0 heterocycles. The Morgan fingerprint density at radius 2 is 1.55 bits per heavy atom. The molecule has 0 saturated carbocycles. The van der Waals surface area contributed by atoms with E-state index in [-0.39, 0.29) is 24.7 Å². The fourth-order valence-corrected chi connectivity index (χ4v) is 2.53. The van der Waals surface area contributed by atoms with Crippen LogP contribution in [0.25, 0.3) is 0 Å². The van der Waals surface area contributed by atoms with Crippen molar-refractivity contribution in [1.29, 1.82) is 0 Å². The van der Waals surface area contributed by atoms with Gasteiger partial charge >= 0.3 is 6.18 Å². The lowest BCUT2D eigenvalue weighted by Crippen LogP contribution is -2.38. The maximum atomic E-state index is 12.8. The van der Waals surface area contributed by atoms with Crippen LogP contribution in [0.1, 0.15) is 12.5 Å². The van der Waals surface area contributed by atoms with Crippen molar-refractivity contribution in [2.75, 3.05) is 37.4 Å². The number of carbonyl (C=O) groups excluding carboxylic acids is 2. The number of likely N-dealkylation sites (N-methyl/N-ethyl adjacent to an activating group) is 1. The van der Waals surface area contributed by atoms with Gasteiger partial charge in [-0.3, -0.25) is 14.5 Å². The molecule has 29 heavy (non-hydrogen) atoms. The number of anilines is 2. The molecule has 2 aromatic carbocycles. The molecule has 9 heteroatoms. The Kier molecular flexibility index (Phi) is 7.60. The van der Waals surface area contributed by atoms with Crippen LogP contribution in [0.3, 0.4) is 0 Å². The molecule has 0 aromatic heterocycles. The van der Waals surface area contributed by atoms with Gasteiger partial charge in [0.25, 0.3) is 0 Å². The second-order valence-corrected chi connectivity index (χ2v) is 6.21. The van der Waals surface area contributed by atoms with Gasteiger partial charge in [0.2, 0.25) is 11.8 Å². The molecule has 2 amide bonds. The van der Waals surface area contributed by atoms with E-state index in [0.29, 0.717) is 18.0 Å². The van der Waals surface area contributed by atoms with Gasteiger partial charge in [0.15, 0.2) is 0 Å². The maximum Gasteiger partial charge on any atom is 0.416 e. The quantitative estimate of drug-likeness (QED) is 0.699. The van der Waals surface area contributed by atoms with Crippen molar-refractivity contribution in [2.24, 2.45) is 0 Å². The maximum absolute atomic E-state index is 12.8. The van der Waals surface area contributed by atoms with Gasteiger partial charge in [-0.05, 0) is 49.0 Å². The summed E-state index contributed by atoms with van der Waals surface area (Å²) in [6, 6.07) is 11.2. The molecule has 0 saturated heterocycles. The third-order valence-electron chi connectivity index (χ3n) is 4.03. The third kappa shape index (κ3) is 7.11. The van der Waals surface area contributed by atoms with E-state index in [1.807, 2.05) is 0 Å². The molecule has 0 unspecified atom stereocenters. The van der Waals surface area contributed by atoms with Gasteiger partial charge in [-0.15, -0.1) is 0 Å². The molecule has 0 aliphatic rings. The lowest BCUT2D eigenvalue weighted by Gasteiger charge is -2.19. The predicted octanol–water partition coefficient (Wildman–Crippen LogP) is 3.61. The van der Waals surface area contributed by atoms with Crippen LogP contribution in [-0.4, -0.2) is 43.5 Å². The fourth-order valence-electron chi connectivity index (χ4n) is 2.53. The summed E-state index contributed by atoms with van der Waals surface area (Å²) in [5.41, 5.74) is -0.217. The molecular formula is C20H22F3N3O3. The number of hydrogen-bond acceptors (Lipinski definition) is 4. The van der Waals surface area contributed by atoms with Crippen LogP contribution in [-0.2, 0) is 15.8 Å². The lowest BCUT2D eigenvalue weighted by molar-refractivity contribution is -0.137. The molecule has 2 aromatic rings. The van der Waals surface area contributed by atoms with Gasteiger partial charge in [-0.2, -0.15) is 13.2 Å². The van der Waals surface area contributed by atoms with E-state index in [9.17, 15) is 22.8 Å². The summed E-state index contributed by atoms with van der Waals surface area (Å²) in [6.45, 7) is 2.01. The zero-order valence-electron chi connectivity index (χ0n) is 16.0. The van der Waals surface area contributed by atoms with Crippen molar-refractivity contribution >= 4 is 23.2 Å². The fraction of sp³-hybridized carbons (Fsp3) is 0.300. The first-order chi connectivity index (χ1) is 13.7. The Morgan fingerprint density at radius 1 is 0.966 bits per heavy atom. The van der Waals surface area contributed by atoms with Crippen molar-refractivity contribution in [3.8, 4) is 5.75 Å². The van der Waals surface area contributed by atoms with Crippen LogP contribution < -0.4 is 15.4 Å². The summed E-state index contributed by atoms with van der Waals surface area (Å²) in [5.74, 6) is -0.170. The summed E-state index contributed by atoms with van der Waals surface area (Å²) in [7, 11) is 1.54. The average molecular weight is 409 g/mol. The lowest BCUT2D eigenvalue weighted by atomic mass is 10.2. The Bertz CT molecular complexity index is 839. The molecule has 0 atom stereocenters. The molecule has 6 nitrogen and oxygen atoms in total. The second-order valence-electron chi connectivity index (χ2n) is 6.21. The molecule has 2 rings (SSSR count). The average Bonchev–Trinajstić information content (AvgIpc) is 2.67. The first-order valence-corrected chi connectivity index (χ1v) is 8.84. The molecule has 2 N–H and O–H groups in total. The van der Waals surface area contributed by atoms with E-state index in [1.165, 1.54) is 19.2 Å². The van der Waals surface area contributed by atoms with Crippen LogP contribution in [0.4, 0.5) is 24.5 Å². The van der Waals surface area contributed by atoms with E-state index in [1.54, 1.807) is 36.1 Å². The topological polar surface area (TPSA) is 70.7 Å². The normalized spacial score (nSPS) is 11.2. The third-order valence-corrected chi connectivity index (χ3v) is 4.03. The number of amides is 2. The summed E-state index contributed by atoms with van der Waals surface area (Å²) in [5, 5.41) is 5.14. The second kappa shape index (κ2) is 9.92. The van der Waals surface area contributed by atoms with E-state index in [0.717, 1.165) is 12.1 Å². The number of benzene rings is 2. The van der Waals surface area contributed by atoms with E-state index >= 15 is 0 Å². The number of carbonyl (C=O) groups is 2. The molecule has 0 fully saturated rings. The molecule has 156 valence electrons. The Balaban J connectivity index is 1.89. The van der Waals surface area contributed by atoms with E-state index < -0.39 is 17.6 Å². The molecule has 0 radical (unpaired) electrons. The Hall–Kier alpha value is -3.07. The number of nitrogens with one attached hydrogen (secondary N) is 2. The van der Waals surface area contributed by atoms with Gasteiger partial charge < -0.3 is 15.4 Å². The predicted molar refractivity (Wildman–Crippen MR) is 104 cm³/mol. The number of nitrogens with zero attached hydrogens (tertiary/aromatic N) is 1. The highest BCUT2D eigenvalue weighted by atomic mass is 19.4. The van der Waals surface area contributed by atoms with Crippen molar-refractivity contribution in [3.63, 3.8) is 0 Å². The summed E-state index contributed by atoms with van der Waals surface area (Å²) < 4.78 is 43.3. The van der Waals surface area contributed by atoms with Crippen molar-refractivity contribution in [3.05, 3.63) is 54.1 Å². The number of rotatable bonds is 8. The van der Waals surface area contributed by atoms with Crippen LogP contribution in [0.5, 0.6) is 5.75 Å². The van der Waals surface area contributed by atoms with Crippen LogP contribution in [0.15, 0.2) is 48.5 Å². The Labute approximate surface area is 166 Å². The molecule has 0 spiro atoms. The zero-order chi connectivity index (χ0) is 21.4. The highest BCUT2D eigenvalue weighted by molar-refractivity contribution is 5.94. The minimum absolute atomic E-state index is 0.0431. The number of halogens is 3. The molecule has 0 bridgehead atoms. The minimum atomic E-state index is -4.49. The summed E-state index contributed by atoms with van der Waals surface area (Å²) in [4.78, 5) is 25.9. The highest BCUT2D eigenvalue weighted by Gasteiger charge is 2.30. The van der Waals surface area contributed by atoms with Crippen LogP contribution in [0, 0.1) is 0 Å². The number of hydrogen-bond donors (Lipinski definition) is 2.